The maximum Gasteiger partial charge on any atom is 0.279 e. The van der Waals surface area contributed by atoms with Crippen molar-refractivity contribution in [2.45, 2.75) is 37.6 Å². The third-order valence-electron chi connectivity index (χ3n) is 4.78. The minimum absolute atomic E-state index is 0.0562. The van der Waals surface area contributed by atoms with Gasteiger partial charge >= 0.3 is 0 Å². The van der Waals surface area contributed by atoms with Gasteiger partial charge in [-0.05, 0) is 35.7 Å². The van der Waals surface area contributed by atoms with E-state index in [-0.39, 0.29) is 30.7 Å². The molecule has 2 aromatic carbocycles. The van der Waals surface area contributed by atoms with Gasteiger partial charge in [0, 0.05) is 17.6 Å². The number of hydrogen-bond donors (Lipinski definition) is 2. The van der Waals surface area contributed by atoms with Crippen LogP contribution in [0.5, 0.6) is 0 Å². The standard InChI is InChI=1S/C19H21N5O2/c20-15-8-17(21)18(9-15)26-11-16-10-24(23-22-16)19(25)14-6-5-12-3-1-2-4-13(12)7-14/h1-7,10,15,17-18H,8-9,11,20-21H2/t15-,17+,18+/m1/s1. The summed E-state index contributed by atoms with van der Waals surface area (Å²) in [6.45, 7) is 0.260. The highest BCUT2D eigenvalue weighted by Gasteiger charge is 2.30. The first-order valence-electron chi connectivity index (χ1n) is 8.67. The van der Waals surface area contributed by atoms with Crippen molar-refractivity contribution in [3.05, 3.63) is 59.9 Å². The zero-order valence-corrected chi connectivity index (χ0v) is 14.3. The van der Waals surface area contributed by atoms with Crippen molar-refractivity contribution >= 4 is 16.7 Å². The van der Waals surface area contributed by atoms with Crippen LogP contribution in [0.3, 0.4) is 0 Å². The second kappa shape index (κ2) is 6.95. The topological polar surface area (TPSA) is 109 Å². The van der Waals surface area contributed by atoms with Crippen molar-refractivity contribution in [1.29, 1.82) is 0 Å². The third kappa shape index (κ3) is 3.37. The summed E-state index contributed by atoms with van der Waals surface area (Å²) < 4.78 is 7.04. The lowest BCUT2D eigenvalue weighted by Crippen LogP contribution is -2.31. The monoisotopic (exact) mass is 351 g/mol. The highest BCUT2D eigenvalue weighted by Crippen LogP contribution is 2.21. The van der Waals surface area contributed by atoms with Crippen molar-refractivity contribution in [3.8, 4) is 0 Å². The molecule has 4 rings (SSSR count). The average molecular weight is 351 g/mol. The Bertz CT molecular complexity index is 938. The molecule has 26 heavy (non-hydrogen) atoms. The molecule has 0 aliphatic heterocycles. The van der Waals surface area contributed by atoms with Gasteiger partial charge in [0.15, 0.2) is 0 Å². The summed E-state index contributed by atoms with van der Waals surface area (Å²) in [5.41, 5.74) is 13.1. The van der Waals surface area contributed by atoms with Crippen LogP contribution in [-0.2, 0) is 11.3 Å². The van der Waals surface area contributed by atoms with Crippen molar-refractivity contribution in [2.24, 2.45) is 11.5 Å². The lowest BCUT2D eigenvalue weighted by molar-refractivity contribution is 0.0332. The number of hydrogen-bond acceptors (Lipinski definition) is 6. The largest absolute Gasteiger partial charge is 0.370 e. The fourth-order valence-electron chi connectivity index (χ4n) is 3.37. The van der Waals surface area contributed by atoms with E-state index in [0.29, 0.717) is 11.3 Å². The van der Waals surface area contributed by atoms with Crippen LogP contribution in [0.15, 0.2) is 48.7 Å². The number of benzene rings is 2. The Labute approximate surface area is 150 Å². The van der Waals surface area contributed by atoms with Crippen molar-refractivity contribution in [1.82, 2.24) is 15.0 Å². The molecule has 0 amide bonds. The minimum Gasteiger partial charge on any atom is -0.370 e. The average Bonchev–Trinajstić information content (AvgIpc) is 3.25. The van der Waals surface area contributed by atoms with E-state index in [1.165, 1.54) is 4.68 Å². The zero-order valence-electron chi connectivity index (χ0n) is 14.3. The van der Waals surface area contributed by atoms with E-state index in [4.69, 9.17) is 16.2 Å². The number of rotatable bonds is 4. The number of nitrogens with zero attached hydrogens (tertiary/aromatic N) is 3. The molecule has 0 saturated heterocycles. The summed E-state index contributed by atoms with van der Waals surface area (Å²) in [7, 11) is 0. The molecule has 3 atom stereocenters. The van der Waals surface area contributed by atoms with Gasteiger partial charge in [0.2, 0.25) is 0 Å². The van der Waals surface area contributed by atoms with Gasteiger partial charge in [-0.2, -0.15) is 4.68 Å². The molecule has 3 aromatic rings. The lowest BCUT2D eigenvalue weighted by Gasteiger charge is -2.14. The molecule has 1 fully saturated rings. The Morgan fingerprint density at radius 3 is 2.73 bits per heavy atom. The Balaban J connectivity index is 1.45. The van der Waals surface area contributed by atoms with Crippen LogP contribution in [-0.4, -0.2) is 39.1 Å². The number of nitrogens with two attached hydrogens (primary N) is 2. The predicted molar refractivity (Wildman–Crippen MR) is 97.5 cm³/mol. The fourth-order valence-corrected chi connectivity index (χ4v) is 3.37. The molecular weight excluding hydrogens is 330 g/mol. The van der Waals surface area contributed by atoms with E-state index in [2.05, 4.69) is 10.3 Å². The molecule has 7 heteroatoms. The van der Waals surface area contributed by atoms with Gasteiger partial charge in [0.25, 0.3) is 5.91 Å². The van der Waals surface area contributed by atoms with Gasteiger partial charge in [-0.3, -0.25) is 4.79 Å². The molecule has 1 heterocycles. The molecule has 1 aliphatic carbocycles. The van der Waals surface area contributed by atoms with Gasteiger partial charge in [-0.1, -0.05) is 35.5 Å². The SMILES string of the molecule is N[C@H]1C[C@H](OCc2cn(C(=O)c3ccc4ccccc4c3)nn2)[C@@H](N)C1. The Morgan fingerprint density at radius 1 is 1.15 bits per heavy atom. The predicted octanol–water partition coefficient (Wildman–Crippen LogP) is 1.45. The molecule has 1 aliphatic rings. The first-order valence-corrected chi connectivity index (χ1v) is 8.67. The van der Waals surface area contributed by atoms with Crippen LogP contribution >= 0.6 is 0 Å². The summed E-state index contributed by atoms with van der Waals surface area (Å²) in [6, 6.07) is 13.5. The van der Waals surface area contributed by atoms with Crippen molar-refractivity contribution < 1.29 is 9.53 Å². The van der Waals surface area contributed by atoms with E-state index in [9.17, 15) is 4.79 Å². The van der Waals surface area contributed by atoms with Crippen LogP contribution < -0.4 is 11.5 Å². The number of carbonyl (C=O) groups excluding carboxylic acids is 1. The normalized spacial score (nSPS) is 22.8. The van der Waals surface area contributed by atoms with Gasteiger partial charge in [-0.25, -0.2) is 0 Å². The van der Waals surface area contributed by atoms with Crippen LogP contribution in [0.25, 0.3) is 10.8 Å². The minimum atomic E-state index is -0.228. The highest BCUT2D eigenvalue weighted by molar-refractivity contribution is 5.99. The van der Waals surface area contributed by atoms with E-state index in [1.54, 1.807) is 12.3 Å². The highest BCUT2D eigenvalue weighted by atomic mass is 16.5. The maximum absolute atomic E-state index is 12.6. The van der Waals surface area contributed by atoms with Crippen LogP contribution in [0.2, 0.25) is 0 Å². The number of aromatic nitrogens is 3. The molecule has 0 spiro atoms. The van der Waals surface area contributed by atoms with E-state index in [0.717, 1.165) is 23.6 Å². The molecule has 0 unspecified atom stereocenters. The molecule has 4 N–H and O–H groups in total. The van der Waals surface area contributed by atoms with Crippen molar-refractivity contribution in [2.75, 3.05) is 0 Å². The van der Waals surface area contributed by atoms with Crippen LogP contribution in [0.4, 0.5) is 0 Å². The molecule has 7 nitrogen and oxygen atoms in total. The summed E-state index contributed by atoms with van der Waals surface area (Å²) in [5, 5.41) is 10.1. The molecule has 1 aromatic heterocycles. The summed E-state index contributed by atoms with van der Waals surface area (Å²) in [6.07, 6.45) is 3.02. The van der Waals surface area contributed by atoms with Gasteiger partial charge < -0.3 is 16.2 Å². The zero-order chi connectivity index (χ0) is 18.1. The van der Waals surface area contributed by atoms with E-state index >= 15 is 0 Å². The molecule has 1 saturated carbocycles. The lowest BCUT2D eigenvalue weighted by atomic mass is 10.1. The first kappa shape index (κ1) is 16.8. The number of fused-ring (bicyclic) bond motifs is 1. The molecule has 0 bridgehead atoms. The maximum atomic E-state index is 12.6. The Hall–Kier alpha value is -2.61. The van der Waals surface area contributed by atoms with Crippen LogP contribution in [0, 0.1) is 0 Å². The van der Waals surface area contributed by atoms with E-state index in [1.807, 2.05) is 36.4 Å². The summed E-state index contributed by atoms with van der Waals surface area (Å²) >= 11 is 0. The number of ether oxygens (including phenoxy) is 1. The quantitative estimate of drug-likeness (QED) is 0.736. The first-order chi connectivity index (χ1) is 12.6. The third-order valence-corrected chi connectivity index (χ3v) is 4.78. The molecule has 0 radical (unpaired) electrons. The van der Waals surface area contributed by atoms with Gasteiger partial charge in [0.1, 0.15) is 5.69 Å². The van der Waals surface area contributed by atoms with Crippen LogP contribution in [0.1, 0.15) is 28.9 Å². The van der Waals surface area contributed by atoms with Gasteiger partial charge in [0.05, 0.1) is 18.9 Å². The van der Waals surface area contributed by atoms with Gasteiger partial charge in [-0.15, -0.1) is 5.10 Å². The number of carbonyl (C=O) groups is 1. The van der Waals surface area contributed by atoms with E-state index < -0.39 is 0 Å². The second-order valence-corrected chi connectivity index (χ2v) is 6.77. The Morgan fingerprint density at radius 2 is 1.96 bits per heavy atom. The summed E-state index contributed by atoms with van der Waals surface area (Å²) in [4.78, 5) is 12.6. The second-order valence-electron chi connectivity index (χ2n) is 6.77. The summed E-state index contributed by atoms with van der Waals surface area (Å²) in [5.74, 6) is -0.228. The van der Waals surface area contributed by atoms with Crippen molar-refractivity contribution in [3.63, 3.8) is 0 Å². The Kier molecular flexibility index (Phi) is 4.50. The fraction of sp³-hybridized carbons (Fsp3) is 0.316. The molecular formula is C19H21N5O2. The smallest absolute Gasteiger partial charge is 0.279 e. The molecule has 134 valence electrons.